The molecule has 1 fully saturated rings. The molecule has 144 valence electrons. The molecule has 2 rings (SSSR count). The Balaban J connectivity index is 2.26. The maximum atomic E-state index is 13.1. The van der Waals surface area contributed by atoms with E-state index in [2.05, 4.69) is 0 Å². The molecule has 0 bridgehead atoms. The van der Waals surface area contributed by atoms with Crippen LogP contribution < -0.4 is 4.74 Å². The van der Waals surface area contributed by atoms with Gasteiger partial charge in [-0.15, -0.1) is 0 Å². The highest BCUT2D eigenvalue weighted by Gasteiger charge is 2.53. The number of carbonyl (C=O) groups is 2. The van der Waals surface area contributed by atoms with Crippen molar-refractivity contribution in [1.29, 1.82) is 0 Å². The third-order valence-electron chi connectivity index (χ3n) is 4.06. The Morgan fingerprint density at radius 3 is 2.54 bits per heavy atom. The minimum atomic E-state index is -4.72. The first-order chi connectivity index (χ1) is 12.1. The highest BCUT2D eigenvalue weighted by Crippen LogP contribution is 2.38. The van der Waals surface area contributed by atoms with Gasteiger partial charge in [-0.3, -0.25) is 9.59 Å². The molecule has 1 saturated heterocycles. The van der Waals surface area contributed by atoms with E-state index in [0.29, 0.717) is 0 Å². The van der Waals surface area contributed by atoms with Crippen LogP contribution in [0.2, 0.25) is 5.02 Å². The smallest absolute Gasteiger partial charge is 0.394 e. The summed E-state index contributed by atoms with van der Waals surface area (Å²) in [7, 11) is 1.46. The molecule has 1 aliphatic heterocycles. The van der Waals surface area contributed by atoms with Crippen molar-refractivity contribution in [3.63, 3.8) is 0 Å². The topological polar surface area (TPSA) is 76.1 Å². The Hall–Kier alpha value is -2.00. The third-order valence-corrected chi connectivity index (χ3v) is 4.30. The zero-order valence-electron chi connectivity index (χ0n) is 13.8. The van der Waals surface area contributed by atoms with Crippen molar-refractivity contribution in [2.75, 3.05) is 33.4 Å². The number of methoxy groups -OCH3 is 1. The number of nitrogens with zero attached hydrogens (tertiary/aromatic N) is 1. The summed E-state index contributed by atoms with van der Waals surface area (Å²) in [5.74, 6) is -6.06. The number of benzene rings is 1. The second kappa shape index (κ2) is 8.13. The second-order valence-electron chi connectivity index (χ2n) is 5.78. The van der Waals surface area contributed by atoms with Crippen molar-refractivity contribution < 1.29 is 37.3 Å². The van der Waals surface area contributed by atoms with E-state index in [4.69, 9.17) is 26.2 Å². The maximum absolute atomic E-state index is 13.1. The molecule has 6 nitrogen and oxygen atoms in total. The number of alkyl halides is 3. The van der Waals surface area contributed by atoms with E-state index in [1.165, 1.54) is 25.3 Å². The van der Waals surface area contributed by atoms with Gasteiger partial charge in [-0.05, 0) is 18.2 Å². The summed E-state index contributed by atoms with van der Waals surface area (Å²) in [5.41, 5.74) is -0.0273. The fraction of sp³-hybridized carbons (Fsp3) is 0.500. The summed E-state index contributed by atoms with van der Waals surface area (Å²) in [5, 5.41) is 9.26. The van der Waals surface area contributed by atoms with Gasteiger partial charge in [0.1, 0.15) is 12.4 Å². The molecular formula is C16H17ClF3NO5. The van der Waals surface area contributed by atoms with Gasteiger partial charge in [0.25, 0.3) is 5.91 Å². The fourth-order valence-corrected chi connectivity index (χ4v) is 2.92. The van der Waals surface area contributed by atoms with Gasteiger partial charge in [0.05, 0.1) is 24.0 Å². The lowest BCUT2D eigenvalue weighted by Gasteiger charge is -2.19. The highest BCUT2D eigenvalue weighted by atomic mass is 35.5. The quantitative estimate of drug-likeness (QED) is 0.749. The Bertz CT molecular complexity index is 682. The summed E-state index contributed by atoms with van der Waals surface area (Å²) in [4.78, 5) is 24.7. The number of carboxylic acids is 1. The van der Waals surface area contributed by atoms with Crippen LogP contribution in [-0.2, 0) is 9.53 Å². The molecule has 1 aliphatic rings. The standard InChI is InChI=1S/C16H17ClF3NO5/c1-25-4-5-26-13-3-2-9(17)6-10(13)14(22)21-7-11(15(23)24)12(8-21)16(18,19)20/h2-3,6,11-12H,4-5,7-8H2,1H3,(H,23,24)/t11-,12-/m1/s1. The summed E-state index contributed by atoms with van der Waals surface area (Å²) < 4.78 is 49.5. The van der Waals surface area contributed by atoms with Crippen molar-refractivity contribution in [3.8, 4) is 5.75 Å². The normalized spacial score (nSPS) is 20.3. The molecule has 0 aromatic heterocycles. The Morgan fingerprint density at radius 2 is 2.00 bits per heavy atom. The molecular weight excluding hydrogens is 379 g/mol. The summed E-state index contributed by atoms with van der Waals surface area (Å²) in [6, 6.07) is 4.18. The average molecular weight is 396 g/mol. The number of amides is 1. The molecule has 1 amide bonds. The molecule has 1 N–H and O–H groups in total. The number of carbonyl (C=O) groups excluding carboxylic acids is 1. The third kappa shape index (κ3) is 4.59. The number of aliphatic carboxylic acids is 1. The van der Waals surface area contributed by atoms with Crippen LogP contribution in [0.15, 0.2) is 18.2 Å². The number of halogens is 4. The minimum Gasteiger partial charge on any atom is -0.490 e. The predicted octanol–water partition coefficient (Wildman–Crippen LogP) is 2.70. The van der Waals surface area contributed by atoms with Crippen molar-refractivity contribution in [1.82, 2.24) is 4.90 Å². The van der Waals surface area contributed by atoms with Crippen LogP contribution in [-0.4, -0.2) is 61.5 Å². The lowest BCUT2D eigenvalue weighted by atomic mass is 9.96. The maximum Gasteiger partial charge on any atom is 0.394 e. The van der Waals surface area contributed by atoms with E-state index in [1.54, 1.807) is 0 Å². The Morgan fingerprint density at radius 1 is 1.31 bits per heavy atom. The van der Waals surface area contributed by atoms with Crippen LogP contribution in [0.3, 0.4) is 0 Å². The van der Waals surface area contributed by atoms with Gasteiger partial charge in [-0.1, -0.05) is 11.6 Å². The number of rotatable bonds is 6. The summed E-state index contributed by atoms with van der Waals surface area (Å²) in [6.07, 6.45) is -4.72. The fourth-order valence-electron chi connectivity index (χ4n) is 2.75. The molecule has 0 aliphatic carbocycles. The lowest BCUT2D eigenvalue weighted by molar-refractivity contribution is -0.187. The van der Waals surface area contributed by atoms with Gasteiger partial charge in [0.2, 0.25) is 0 Å². The van der Waals surface area contributed by atoms with E-state index in [0.717, 1.165) is 4.90 Å². The van der Waals surface area contributed by atoms with Crippen molar-refractivity contribution in [2.24, 2.45) is 11.8 Å². The lowest BCUT2D eigenvalue weighted by Crippen LogP contribution is -2.34. The van der Waals surface area contributed by atoms with Crippen molar-refractivity contribution in [2.45, 2.75) is 6.18 Å². The van der Waals surface area contributed by atoms with Crippen LogP contribution >= 0.6 is 11.6 Å². The number of hydrogen-bond acceptors (Lipinski definition) is 4. The molecule has 1 aromatic rings. The van der Waals surface area contributed by atoms with Crippen LogP contribution in [0.4, 0.5) is 13.2 Å². The number of carboxylic acid groups (broad SMARTS) is 1. The van der Waals surface area contributed by atoms with Gasteiger partial charge < -0.3 is 19.5 Å². The average Bonchev–Trinajstić information content (AvgIpc) is 3.01. The summed E-state index contributed by atoms with van der Waals surface area (Å²) >= 11 is 5.88. The van der Waals surface area contributed by atoms with Crippen molar-refractivity contribution >= 4 is 23.5 Å². The highest BCUT2D eigenvalue weighted by molar-refractivity contribution is 6.31. The predicted molar refractivity (Wildman–Crippen MR) is 85.4 cm³/mol. The zero-order valence-corrected chi connectivity index (χ0v) is 14.5. The van der Waals surface area contributed by atoms with Crippen LogP contribution in [0.25, 0.3) is 0 Å². The molecule has 0 radical (unpaired) electrons. The van der Waals surface area contributed by atoms with E-state index in [9.17, 15) is 22.8 Å². The van der Waals surface area contributed by atoms with Gasteiger partial charge >= 0.3 is 12.1 Å². The SMILES string of the molecule is COCCOc1ccc(Cl)cc1C(=O)N1C[C@@H](C(F)(F)F)[C@H](C(=O)O)C1. The summed E-state index contributed by atoms with van der Waals surface area (Å²) in [6.45, 7) is -0.899. The zero-order chi connectivity index (χ0) is 19.5. The van der Waals surface area contributed by atoms with Gasteiger partial charge in [0.15, 0.2) is 0 Å². The molecule has 0 spiro atoms. The monoisotopic (exact) mass is 395 g/mol. The largest absolute Gasteiger partial charge is 0.490 e. The van der Waals surface area contributed by atoms with Gasteiger partial charge in [-0.25, -0.2) is 0 Å². The number of likely N-dealkylation sites (tertiary alicyclic amines) is 1. The molecule has 2 atom stereocenters. The molecule has 0 saturated carbocycles. The first-order valence-electron chi connectivity index (χ1n) is 7.65. The van der Waals surface area contributed by atoms with Crippen LogP contribution in [0, 0.1) is 11.8 Å². The van der Waals surface area contributed by atoms with E-state index < -0.39 is 43.0 Å². The Labute approximate surface area is 152 Å². The molecule has 1 heterocycles. The second-order valence-corrected chi connectivity index (χ2v) is 6.22. The van der Waals surface area contributed by atoms with Gasteiger partial charge in [-0.2, -0.15) is 13.2 Å². The molecule has 10 heteroatoms. The van der Waals surface area contributed by atoms with E-state index >= 15 is 0 Å². The molecule has 0 unspecified atom stereocenters. The van der Waals surface area contributed by atoms with E-state index in [1.807, 2.05) is 0 Å². The first kappa shape index (κ1) is 20.3. The van der Waals surface area contributed by atoms with Gasteiger partial charge in [0, 0.05) is 25.2 Å². The minimum absolute atomic E-state index is 0.0273. The van der Waals surface area contributed by atoms with Crippen LogP contribution in [0.1, 0.15) is 10.4 Å². The number of ether oxygens (including phenoxy) is 2. The van der Waals surface area contributed by atoms with E-state index in [-0.39, 0.29) is 29.5 Å². The molecule has 26 heavy (non-hydrogen) atoms. The Kier molecular flexibility index (Phi) is 6.35. The number of hydrogen-bond donors (Lipinski definition) is 1. The molecule has 1 aromatic carbocycles. The van der Waals surface area contributed by atoms with Crippen molar-refractivity contribution in [3.05, 3.63) is 28.8 Å². The van der Waals surface area contributed by atoms with Crippen LogP contribution in [0.5, 0.6) is 5.75 Å². The first-order valence-corrected chi connectivity index (χ1v) is 8.03.